The highest BCUT2D eigenvalue weighted by molar-refractivity contribution is 7.90. The van der Waals surface area contributed by atoms with Crippen LogP contribution < -0.4 is 4.72 Å². The van der Waals surface area contributed by atoms with E-state index >= 15 is 0 Å². The Labute approximate surface area is 101 Å². The van der Waals surface area contributed by atoms with Crippen molar-refractivity contribution in [3.8, 4) is 0 Å². The number of hydrogen-bond donors (Lipinski definition) is 1. The van der Waals surface area contributed by atoms with E-state index in [9.17, 15) is 26.4 Å². The number of benzene rings is 1. The zero-order valence-corrected chi connectivity index (χ0v) is 9.68. The van der Waals surface area contributed by atoms with Crippen LogP contribution in [0.2, 0.25) is 0 Å². The molecule has 8 heteroatoms. The van der Waals surface area contributed by atoms with Crippen LogP contribution in [0.5, 0.6) is 0 Å². The van der Waals surface area contributed by atoms with Crippen LogP contribution >= 0.6 is 0 Å². The summed E-state index contributed by atoms with van der Waals surface area (Å²) in [5.74, 6) is -1.34. The van der Waals surface area contributed by atoms with E-state index < -0.39 is 21.4 Å². The quantitative estimate of drug-likeness (QED) is 0.919. The van der Waals surface area contributed by atoms with Gasteiger partial charge in [0.15, 0.2) is 0 Å². The summed E-state index contributed by atoms with van der Waals surface area (Å²) in [5, 5.41) is 0. The van der Waals surface area contributed by atoms with Crippen LogP contribution in [0.25, 0.3) is 6.08 Å². The number of alkyl halides is 3. The van der Waals surface area contributed by atoms with Crippen LogP contribution in [0.1, 0.15) is 15.9 Å². The van der Waals surface area contributed by atoms with Gasteiger partial charge in [-0.25, -0.2) is 4.72 Å². The predicted molar refractivity (Wildman–Crippen MR) is 59.0 cm³/mol. The standard InChI is InChI=1S/C10H8F3NO3S/c1-2-7-3-5-8(6-4-7)9(15)14-18(16,17)10(11,12)13/h2-6H,1H2,(H,14,15). The van der Waals surface area contributed by atoms with E-state index in [2.05, 4.69) is 6.58 Å². The van der Waals surface area contributed by atoms with Crippen molar-refractivity contribution in [3.05, 3.63) is 42.0 Å². The molecule has 0 spiro atoms. The minimum Gasteiger partial charge on any atom is -0.268 e. The molecule has 1 rings (SSSR count). The molecular formula is C10H8F3NO3S. The summed E-state index contributed by atoms with van der Waals surface area (Å²) in [6.45, 7) is 3.45. The smallest absolute Gasteiger partial charge is 0.268 e. The molecule has 0 saturated carbocycles. The van der Waals surface area contributed by atoms with Gasteiger partial charge in [0.25, 0.3) is 5.91 Å². The second-order valence-electron chi connectivity index (χ2n) is 3.21. The molecule has 0 unspecified atom stereocenters. The third-order valence-electron chi connectivity index (χ3n) is 1.94. The Bertz CT molecular complexity index is 561. The van der Waals surface area contributed by atoms with E-state index in [1.807, 2.05) is 0 Å². The predicted octanol–water partition coefficient (Wildman–Crippen LogP) is 1.91. The second kappa shape index (κ2) is 4.81. The van der Waals surface area contributed by atoms with E-state index in [-0.39, 0.29) is 5.56 Å². The summed E-state index contributed by atoms with van der Waals surface area (Å²) >= 11 is 0. The molecule has 98 valence electrons. The molecule has 0 saturated heterocycles. The molecule has 0 aromatic heterocycles. The Kier molecular flexibility index (Phi) is 3.80. The molecule has 4 nitrogen and oxygen atoms in total. The zero-order chi connectivity index (χ0) is 14.0. The van der Waals surface area contributed by atoms with Gasteiger partial charge in [-0.1, -0.05) is 24.8 Å². The molecule has 1 N–H and O–H groups in total. The minimum atomic E-state index is -5.68. The molecule has 0 aliphatic heterocycles. The van der Waals surface area contributed by atoms with Crippen molar-refractivity contribution < 1.29 is 26.4 Å². The van der Waals surface area contributed by atoms with Crippen molar-refractivity contribution in [3.63, 3.8) is 0 Å². The van der Waals surface area contributed by atoms with Gasteiger partial charge in [-0.15, -0.1) is 0 Å². The van der Waals surface area contributed by atoms with Crippen LogP contribution in [-0.2, 0) is 10.0 Å². The number of amides is 1. The first kappa shape index (κ1) is 14.2. The summed E-state index contributed by atoms with van der Waals surface area (Å²) in [6.07, 6.45) is 1.47. The molecule has 0 atom stereocenters. The van der Waals surface area contributed by atoms with Gasteiger partial charge in [-0.05, 0) is 17.7 Å². The Balaban J connectivity index is 2.93. The fourth-order valence-electron chi connectivity index (χ4n) is 1.01. The van der Waals surface area contributed by atoms with Gasteiger partial charge >= 0.3 is 15.5 Å². The van der Waals surface area contributed by atoms with Crippen LogP contribution in [0.3, 0.4) is 0 Å². The summed E-state index contributed by atoms with van der Waals surface area (Å²) in [6, 6.07) is 5.22. The van der Waals surface area contributed by atoms with Crippen molar-refractivity contribution in [2.75, 3.05) is 0 Å². The maximum atomic E-state index is 12.0. The minimum absolute atomic E-state index is 0.201. The molecule has 0 heterocycles. The fourth-order valence-corrected chi connectivity index (χ4v) is 1.49. The van der Waals surface area contributed by atoms with Crippen LogP contribution in [-0.4, -0.2) is 19.8 Å². The third-order valence-corrected chi connectivity index (χ3v) is 3.00. The van der Waals surface area contributed by atoms with E-state index in [0.717, 1.165) is 4.72 Å². The van der Waals surface area contributed by atoms with E-state index in [1.165, 1.54) is 30.3 Å². The van der Waals surface area contributed by atoms with Gasteiger partial charge in [0.1, 0.15) is 0 Å². The Hall–Kier alpha value is -1.83. The number of rotatable bonds is 3. The lowest BCUT2D eigenvalue weighted by molar-refractivity contribution is -0.0446. The van der Waals surface area contributed by atoms with Gasteiger partial charge in [-0.3, -0.25) is 4.79 Å². The molecule has 1 aromatic rings. The molecule has 0 bridgehead atoms. The van der Waals surface area contributed by atoms with Crippen molar-refractivity contribution >= 4 is 22.0 Å². The van der Waals surface area contributed by atoms with Crippen molar-refractivity contribution in [1.29, 1.82) is 0 Å². The number of carbonyl (C=O) groups is 1. The number of halogens is 3. The summed E-state index contributed by atoms with van der Waals surface area (Å²) in [4.78, 5) is 11.3. The first-order chi connectivity index (χ1) is 8.17. The van der Waals surface area contributed by atoms with Crippen LogP contribution in [0.15, 0.2) is 30.8 Å². The maximum Gasteiger partial charge on any atom is 0.516 e. The van der Waals surface area contributed by atoms with Crippen molar-refractivity contribution in [2.24, 2.45) is 0 Å². The van der Waals surface area contributed by atoms with E-state index in [1.54, 1.807) is 0 Å². The second-order valence-corrected chi connectivity index (χ2v) is 4.88. The Morgan fingerprint density at radius 1 is 1.22 bits per heavy atom. The number of sulfonamides is 1. The summed E-state index contributed by atoms with van der Waals surface area (Å²) < 4.78 is 58.3. The normalized spacial score (nSPS) is 11.9. The fraction of sp³-hybridized carbons (Fsp3) is 0.100. The van der Waals surface area contributed by atoms with Gasteiger partial charge in [0, 0.05) is 5.56 Å². The summed E-state index contributed by atoms with van der Waals surface area (Å²) in [5.41, 5.74) is -5.08. The number of hydrogen-bond acceptors (Lipinski definition) is 3. The maximum absolute atomic E-state index is 12.0. The monoisotopic (exact) mass is 279 g/mol. The SMILES string of the molecule is C=Cc1ccc(C(=O)NS(=O)(=O)C(F)(F)F)cc1. The zero-order valence-electron chi connectivity index (χ0n) is 8.86. The Morgan fingerprint density at radius 2 is 1.72 bits per heavy atom. The molecule has 1 aromatic carbocycles. The first-order valence-electron chi connectivity index (χ1n) is 4.53. The molecular weight excluding hydrogens is 271 g/mol. The highest BCUT2D eigenvalue weighted by Crippen LogP contribution is 2.21. The van der Waals surface area contributed by atoms with Gasteiger partial charge in [0.05, 0.1) is 0 Å². The number of nitrogens with one attached hydrogen (secondary N) is 1. The Morgan fingerprint density at radius 3 is 2.11 bits per heavy atom. The molecule has 0 aliphatic rings. The first-order valence-corrected chi connectivity index (χ1v) is 6.01. The average molecular weight is 279 g/mol. The molecule has 18 heavy (non-hydrogen) atoms. The lowest BCUT2D eigenvalue weighted by atomic mass is 10.1. The highest BCUT2D eigenvalue weighted by atomic mass is 32.2. The number of carbonyl (C=O) groups excluding carboxylic acids is 1. The average Bonchev–Trinajstić information content (AvgIpc) is 2.27. The van der Waals surface area contributed by atoms with Crippen molar-refractivity contribution in [1.82, 2.24) is 4.72 Å². The lowest BCUT2D eigenvalue weighted by Crippen LogP contribution is -2.40. The largest absolute Gasteiger partial charge is 0.516 e. The molecule has 1 amide bonds. The van der Waals surface area contributed by atoms with E-state index in [4.69, 9.17) is 0 Å². The van der Waals surface area contributed by atoms with E-state index in [0.29, 0.717) is 5.56 Å². The molecule has 0 fully saturated rings. The van der Waals surface area contributed by atoms with Gasteiger partial charge < -0.3 is 0 Å². The summed E-state index contributed by atoms with van der Waals surface area (Å²) in [7, 11) is -5.68. The van der Waals surface area contributed by atoms with Gasteiger partial charge in [-0.2, -0.15) is 21.6 Å². The van der Waals surface area contributed by atoms with Crippen LogP contribution in [0, 0.1) is 0 Å². The van der Waals surface area contributed by atoms with Crippen molar-refractivity contribution in [2.45, 2.75) is 5.51 Å². The topological polar surface area (TPSA) is 63.2 Å². The van der Waals surface area contributed by atoms with Gasteiger partial charge in [0.2, 0.25) is 0 Å². The molecule has 0 radical (unpaired) electrons. The van der Waals surface area contributed by atoms with Crippen LogP contribution in [0.4, 0.5) is 13.2 Å². The highest BCUT2D eigenvalue weighted by Gasteiger charge is 2.47. The molecule has 0 aliphatic carbocycles. The lowest BCUT2D eigenvalue weighted by Gasteiger charge is -2.09. The third kappa shape index (κ3) is 3.10.